The molecule has 0 aliphatic rings. The molecule has 0 saturated heterocycles. The van der Waals surface area contributed by atoms with Crippen LogP contribution in [0.5, 0.6) is 0 Å². The lowest BCUT2D eigenvalue weighted by molar-refractivity contribution is -0.140. The van der Waals surface area contributed by atoms with Gasteiger partial charge in [-0.25, -0.2) is 0 Å². The van der Waals surface area contributed by atoms with Gasteiger partial charge in [0.15, 0.2) is 5.60 Å². The number of aliphatic hydroxyl groups is 1. The van der Waals surface area contributed by atoms with Crippen LogP contribution in [0.2, 0.25) is 0 Å². The third-order valence-electron chi connectivity index (χ3n) is 1.97. The Bertz CT molecular complexity index is 210. The number of nitriles is 1. The highest BCUT2D eigenvalue weighted by Crippen LogP contribution is 2.21. The summed E-state index contributed by atoms with van der Waals surface area (Å²) in [5.74, 6) is -1.58. The van der Waals surface area contributed by atoms with Crippen molar-refractivity contribution in [2.45, 2.75) is 32.3 Å². The maximum absolute atomic E-state index is 10.8. The predicted molar refractivity (Wildman–Crippen MR) is 43.8 cm³/mol. The minimum Gasteiger partial charge on any atom is -0.379 e. The second kappa shape index (κ2) is 4.07. The van der Waals surface area contributed by atoms with Gasteiger partial charge >= 0.3 is 0 Å². The molecule has 0 aromatic carbocycles. The fourth-order valence-corrected chi connectivity index (χ4v) is 1.04. The second-order valence-electron chi connectivity index (χ2n) is 2.89. The van der Waals surface area contributed by atoms with Crippen molar-refractivity contribution in [3.8, 4) is 6.07 Å². The number of amides is 1. The molecule has 4 nitrogen and oxygen atoms in total. The Kier molecular flexibility index (Phi) is 3.71. The van der Waals surface area contributed by atoms with Gasteiger partial charge in [-0.05, 0) is 13.3 Å². The molecule has 0 spiro atoms. The minimum absolute atomic E-state index is 0.233. The van der Waals surface area contributed by atoms with Gasteiger partial charge in [0.1, 0.15) is 0 Å². The van der Waals surface area contributed by atoms with Gasteiger partial charge in [0.25, 0.3) is 5.91 Å². The summed E-state index contributed by atoms with van der Waals surface area (Å²) >= 11 is 0. The predicted octanol–water partition coefficient (Wildman–Crippen LogP) is 0.163. The van der Waals surface area contributed by atoms with E-state index >= 15 is 0 Å². The molecule has 0 aliphatic heterocycles. The first-order chi connectivity index (χ1) is 5.49. The lowest BCUT2D eigenvalue weighted by Gasteiger charge is -2.25. The highest BCUT2D eigenvalue weighted by Gasteiger charge is 2.39. The van der Waals surface area contributed by atoms with Gasteiger partial charge in [-0.1, -0.05) is 13.3 Å². The number of nitrogens with zero attached hydrogens (tertiary/aromatic N) is 1. The van der Waals surface area contributed by atoms with Gasteiger partial charge < -0.3 is 10.8 Å². The lowest BCUT2D eigenvalue weighted by Crippen LogP contribution is -2.48. The third-order valence-corrected chi connectivity index (χ3v) is 1.97. The Morgan fingerprint density at radius 1 is 1.83 bits per heavy atom. The standard InChI is InChI=1S/C8H14N2O2/c1-3-4-8(12,7(10)11)6(2)5-9/h6,12H,3-4H2,1-2H3,(H2,10,11)/t6-,8+/m0/s1. The molecule has 0 bridgehead atoms. The SMILES string of the molecule is CCC[C@](O)(C(N)=O)[C@@H](C)C#N. The van der Waals surface area contributed by atoms with E-state index in [1.54, 1.807) is 0 Å². The summed E-state index contributed by atoms with van der Waals surface area (Å²) in [4.78, 5) is 10.8. The number of carbonyl (C=O) groups is 1. The summed E-state index contributed by atoms with van der Waals surface area (Å²) in [6.07, 6.45) is 0.850. The average Bonchev–Trinajstić information content (AvgIpc) is 2.03. The molecule has 3 N–H and O–H groups in total. The van der Waals surface area contributed by atoms with Crippen LogP contribution in [0, 0.1) is 17.2 Å². The molecule has 4 heteroatoms. The molecular formula is C8H14N2O2. The van der Waals surface area contributed by atoms with Crippen LogP contribution in [-0.2, 0) is 4.79 Å². The molecule has 12 heavy (non-hydrogen) atoms. The zero-order valence-corrected chi connectivity index (χ0v) is 7.37. The van der Waals surface area contributed by atoms with E-state index < -0.39 is 17.4 Å². The van der Waals surface area contributed by atoms with Crippen LogP contribution < -0.4 is 5.73 Å². The first kappa shape index (κ1) is 10.9. The number of primary amides is 1. The molecule has 0 radical (unpaired) electrons. The summed E-state index contributed by atoms with van der Waals surface area (Å²) < 4.78 is 0. The van der Waals surface area contributed by atoms with E-state index in [0.29, 0.717) is 6.42 Å². The van der Waals surface area contributed by atoms with Crippen LogP contribution in [0.15, 0.2) is 0 Å². The number of nitrogens with two attached hydrogens (primary N) is 1. The molecule has 0 rings (SSSR count). The fraction of sp³-hybridized carbons (Fsp3) is 0.750. The lowest BCUT2D eigenvalue weighted by atomic mass is 9.85. The first-order valence-corrected chi connectivity index (χ1v) is 3.91. The van der Waals surface area contributed by atoms with Gasteiger partial charge in [-0.2, -0.15) is 5.26 Å². The van der Waals surface area contributed by atoms with E-state index in [9.17, 15) is 9.90 Å². The summed E-state index contributed by atoms with van der Waals surface area (Å²) in [6, 6.07) is 1.82. The van der Waals surface area contributed by atoms with Crippen molar-refractivity contribution >= 4 is 5.91 Å². The number of rotatable bonds is 4. The van der Waals surface area contributed by atoms with Gasteiger partial charge in [-0.3, -0.25) is 4.79 Å². The van der Waals surface area contributed by atoms with Crippen LogP contribution in [0.25, 0.3) is 0 Å². The van der Waals surface area contributed by atoms with Crippen LogP contribution in [0.3, 0.4) is 0 Å². The molecule has 0 unspecified atom stereocenters. The molecule has 0 fully saturated rings. The fourth-order valence-electron chi connectivity index (χ4n) is 1.04. The van der Waals surface area contributed by atoms with E-state index in [4.69, 9.17) is 11.0 Å². The molecule has 0 heterocycles. The van der Waals surface area contributed by atoms with Crippen LogP contribution >= 0.6 is 0 Å². The summed E-state index contributed by atoms with van der Waals surface area (Å²) in [7, 11) is 0. The summed E-state index contributed by atoms with van der Waals surface area (Å²) in [5, 5.41) is 18.2. The Morgan fingerprint density at radius 3 is 2.58 bits per heavy atom. The Morgan fingerprint density at radius 2 is 2.33 bits per heavy atom. The topological polar surface area (TPSA) is 87.1 Å². The zero-order chi connectivity index (χ0) is 9.78. The van der Waals surface area contributed by atoms with Gasteiger partial charge in [0.05, 0.1) is 12.0 Å². The molecule has 0 saturated carbocycles. The Balaban J connectivity index is 4.63. The number of carbonyl (C=O) groups excluding carboxylic acids is 1. The van der Waals surface area contributed by atoms with Crippen molar-refractivity contribution in [1.82, 2.24) is 0 Å². The average molecular weight is 170 g/mol. The maximum atomic E-state index is 10.8. The molecule has 0 aliphatic carbocycles. The first-order valence-electron chi connectivity index (χ1n) is 3.91. The van der Waals surface area contributed by atoms with E-state index in [1.807, 2.05) is 13.0 Å². The van der Waals surface area contributed by atoms with Crippen LogP contribution in [0.1, 0.15) is 26.7 Å². The number of hydrogen-bond donors (Lipinski definition) is 2. The Hall–Kier alpha value is -1.08. The van der Waals surface area contributed by atoms with E-state index in [0.717, 1.165) is 0 Å². The van der Waals surface area contributed by atoms with Crippen molar-refractivity contribution in [1.29, 1.82) is 5.26 Å². The van der Waals surface area contributed by atoms with Crippen LogP contribution in [-0.4, -0.2) is 16.6 Å². The maximum Gasteiger partial charge on any atom is 0.250 e. The molecule has 68 valence electrons. The highest BCUT2D eigenvalue weighted by atomic mass is 16.3. The third kappa shape index (κ3) is 1.95. The van der Waals surface area contributed by atoms with E-state index in [-0.39, 0.29) is 6.42 Å². The molecule has 0 aromatic rings. The second-order valence-corrected chi connectivity index (χ2v) is 2.89. The highest BCUT2D eigenvalue weighted by molar-refractivity contribution is 5.83. The minimum atomic E-state index is -1.66. The number of hydrogen-bond acceptors (Lipinski definition) is 3. The van der Waals surface area contributed by atoms with Crippen LogP contribution in [0.4, 0.5) is 0 Å². The molecule has 2 atom stereocenters. The van der Waals surface area contributed by atoms with Crippen molar-refractivity contribution in [2.24, 2.45) is 11.7 Å². The smallest absolute Gasteiger partial charge is 0.250 e. The molecular weight excluding hydrogens is 156 g/mol. The van der Waals surface area contributed by atoms with Crippen molar-refractivity contribution in [3.05, 3.63) is 0 Å². The van der Waals surface area contributed by atoms with Crippen molar-refractivity contribution < 1.29 is 9.90 Å². The normalized spacial score (nSPS) is 17.5. The van der Waals surface area contributed by atoms with E-state index in [2.05, 4.69) is 0 Å². The Labute approximate surface area is 72.0 Å². The largest absolute Gasteiger partial charge is 0.379 e. The zero-order valence-electron chi connectivity index (χ0n) is 7.37. The molecule has 0 aromatic heterocycles. The molecule has 1 amide bonds. The van der Waals surface area contributed by atoms with Gasteiger partial charge in [0.2, 0.25) is 0 Å². The van der Waals surface area contributed by atoms with Crippen molar-refractivity contribution in [2.75, 3.05) is 0 Å². The van der Waals surface area contributed by atoms with Gasteiger partial charge in [0, 0.05) is 0 Å². The summed E-state index contributed by atoms with van der Waals surface area (Å²) in [5.41, 5.74) is 3.33. The monoisotopic (exact) mass is 170 g/mol. The quantitative estimate of drug-likeness (QED) is 0.630. The van der Waals surface area contributed by atoms with Crippen molar-refractivity contribution in [3.63, 3.8) is 0 Å². The van der Waals surface area contributed by atoms with Gasteiger partial charge in [-0.15, -0.1) is 0 Å². The van der Waals surface area contributed by atoms with E-state index in [1.165, 1.54) is 6.92 Å². The summed E-state index contributed by atoms with van der Waals surface area (Å²) in [6.45, 7) is 3.30.